The summed E-state index contributed by atoms with van der Waals surface area (Å²) in [6, 6.07) is 0. The van der Waals surface area contributed by atoms with E-state index in [4.69, 9.17) is 10.8 Å². The largest absolute Gasteiger partial charge is 0.431 e. The lowest BCUT2D eigenvalue weighted by Crippen LogP contribution is -2.17. The fourth-order valence-corrected chi connectivity index (χ4v) is 0.472. The summed E-state index contributed by atoms with van der Waals surface area (Å²) < 4.78 is 0. The maximum absolute atomic E-state index is 6.98. The average Bonchev–Trinajstić information content (AvgIpc) is 1.83. The molecule has 2 heteroatoms. The smallest absolute Gasteiger partial charge is 0.211 e. The van der Waals surface area contributed by atoms with Gasteiger partial charge in [0, 0.05) is 0 Å². The molecule has 0 aliphatic heterocycles. The van der Waals surface area contributed by atoms with Crippen LogP contribution in [0.25, 0.3) is 0 Å². The average molecular weight is 130 g/mol. The van der Waals surface area contributed by atoms with E-state index in [-0.39, 0.29) is 0 Å². The van der Waals surface area contributed by atoms with Crippen molar-refractivity contribution in [2.45, 2.75) is 32.9 Å². The minimum absolute atomic E-state index is 0.438. The zero-order valence-corrected chi connectivity index (χ0v) is 6.15. The SMILES string of the molecule is CC/C(C)=C\CC(N)[OH2+]. The van der Waals surface area contributed by atoms with Crippen molar-refractivity contribution in [3.63, 3.8) is 0 Å². The summed E-state index contributed by atoms with van der Waals surface area (Å²) in [5.41, 5.74) is 6.53. The third-order valence-electron chi connectivity index (χ3n) is 1.28. The fraction of sp³-hybridized carbons (Fsp3) is 0.714. The number of allylic oxidation sites excluding steroid dienone is 1. The van der Waals surface area contributed by atoms with E-state index in [1.165, 1.54) is 5.57 Å². The van der Waals surface area contributed by atoms with Crippen LogP contribution in [0.4, 0.5) is 0 Å². The Labute approximate surface area is 56.4 Å². The van der Waals surface area contributed by atoms with Crippen molar-refractivity contribution < 1.29 is 5.11 Å². The van der Waals surface area contributed by atoms with Crippen molar-refractivity contribution in [2.75, 3.05) is 0 Å². The van der Waals surface area contributed by atoms with Gasteiger partial charge in [-0.3, -0.25) is 5.73 Å². The zero-order chi connectivity index (χ0) is 7.28. The van der Waals surface area contributed by atoms with Gasteiger partial charge < -0.3 is 5.11 Å². The van der Waals surface area contributed by atoms with E-state index in [0.717, 1.165) is 6.42 Å². The van der Waals surface area contributed by atoms with Crippen LogP contribution < -0.4 is 5.73 Å². The predicted octanol–water partition coefficient (Wildman–Crippen LogP) is 0.742. The van der Waals surface area contributed by atoms with Crippen molar-refractivity contribution in [1.29, 1.82) is 0 Å². The molecule has 1 atom stereocenters. The van der Waals surface area contributed by atoms with Gasteiger partial charge >= 0.3 is 0 Å². The molecule has 0 aromatic heterocycles. The molecule has 0 aliphatic carbocycles. The highest BCUT2D eigenvalue weighted by molar-refractivity contribution is 4.96. The van der Waals surface area contributed by atoms with Crippen LogP contribution in [-0.2, 0) is 0 Å². The molecule has 0 rings (SSSR count). The van der Waals surface area contributed by atoms with Gasteiger partial charge in [-0.1, -0.05) is 18.6 Å². The summed E-state index contributed by atoms with van der Waals surface area (Å²) in [6.07, 6.45) is 3.33. The molecule has 9 heavy (non-hydrogen) atoms. The van der Waals surface area contributed by atoms with E-state index in [9.17, 15) is 0 Å². The highest BCUT2D eigenvalue weighted by atomic mass is 16.3. The van der Waals surface area contributed by atoms with Crippen molar-refractivity contribution >= 4 is 0 Å². The second kappa shape index (κ2) is 4.53. The molecular formula is C7H16NO+. The van der Waals surface area contributed by atoms with E-state index in [1.807, 2.05) is 6.08 Å². The second-order valence-electron chi connectivity index (χ2n) is 2.25. The van der Waals surface area contributed by atoms with Gasteiger partial charge in [0.2, 0.25) is 6.23 Å². The monoisotopic (exact) mass is 130 g/mol. The summed E-state index contributed by atoms with van der Waals surface area (Å²) in [5.74, 6) is 0. The molecule has 0 radical (unpaired) electrons. The highest BCUT2D eigenvalue weighted by Gasteiger charge is 1.94. The summed E-state index contributed by atoms with van der Waals surface area (Å²) in [7, 11) is 0. The van der Waals surface area contributed by atoms with Gasteiger partial charge in [-0.15, -0.1) is 0 Å². The van der Waals surface area contributed by atoms with E-state index in [2.05, 4.69) is 13.8 Å². The number of hydrogen-bond donors (Lipinski definition) is 1. The lowest BCUT2D eigenvalue weighted by Gasteiger charge is -1.95. The lowest BCUT2D eigenvalue weighted by molar-refractivity contribution is 0.185. The Kier molecular flexibility index (Phi) is 4.36. The predicted molar refractivity (Wildman–Crippen MR) is 40.3 cm³/mol. The van der Waals surface area contributed by atoms with Crippen molar-refractivity contribution in [2.24, 2.45) is 5.73 Å². The van der Waals surface area contributed by atoms with Gasteiger partial charge in [-0.05, 0) is 13.3 Å². The lowest BCUT2D eigenvalue weighted by atomic mass is 10.2. The summed E-state index contributed by atoms with van der Waals surface area (Å²) in [5, 5.41) is 6.98. The van der Waals surface area contributed by atoms with Crippen LogP contribution in [0, 0.1) is 0 Å². The topological polar surface area (TPSA) is 48.9 Å². The standard InChI is InChI=1S/C7H15NO/c1-3-6(2)4-5-7(8)9/h4,7,9H,3,5,8H2,1-2H3/p+1/b6-4-. The van der Waals surface area contributed by atoms with Crippen LogP contribution in [-0.4, -0.2) is 11.3 Å². The maximum Gasteiger partial charge on any atom is 0.211 e. The minimum atomic E-state index is -0.438. The molecule has 0 saturated carbocycles. The van der Waals surface area contributed by atoms with Crippen LogP contribution in [0.5, 0.6) is 0 Å². The molecule has 1 unspecified atom stereocenters. The van der Waals surface area contributed by atoms with Crippen LogP contribution in [0.1, 0.15) is 26.7 Å². The maximum atomic E-state index is 6.98. The van der Waals surface area contributed by atoms with Gasteiger partial charge in [0.1, 0.15) is 0 Å². The Morgan fingerprint density at radius 2 is 2.33 bits per heavy atom. The first-order chi connectivity index (χ1) is 4.16. The van der Waals surface area contributed by atoms with Gasteiger partial charge in [-0.2, -0.15) is 0 Å². The zero-order valence-electron chi connectivity index (χ0n) is 6.15. The molecule has 0 fully saturated rings. The molecule has 0 aromatic carbocycles. The Morgan fingerprint density at radius 3 is 2.67 bits per heavy atom. The Morgan fingerprint density at radius 1 is 1.78 bits per heavy atom. The number of rotatable bonds is 3. The molecule has 2 nitrogen and oxygen atoms in total. The van der Waals surface area contributed by atoms with Crippen LogP contribution in [0.15, 0.2) is 11.6 Å². The van der Waals surface area contributed by atoms with E-state index < -0.39 is 6.23 Å². The number of hydrogen-bond acceptors (Lipinski definition) is 1. The molecule has 0 heterocycles. The molecule has 54 valence electrons. The summed E-state index contributed by atoms with van der Waals surface area (Å²) in [4.78, 5) is 0. The third-order valence-corrected chi connectivity index (χ3v) is 1.28. The molecule has 0 saturated heterocycles. The van der Waals surface area contributed by atoms with Gasteiger partial charge in [0.05, 0.1) is 6.42 Å². The van der Waals surface area contributed by atoms with Gasteiger partial charge in [0.15, 0.2) is 0 Å². The van der Waals surface area contributed by atoms with E-state index in [1.54, 1.807) is 0 Å². The number of nitrogens with two attached hydrogens (primary N) is 1. The molecule has 0 bridgehead atoms. The van der Waals surface area contributed by atoms with E-state index in [0.29, 0.717) is 6.42 Å². The Balaban J connectivity index is 3.43. The summed E-state index contributed by atoms with van der Waals surface area (Å²) in [6.45, 7) is 4.16. The Hall–Kier alpha value is -0.340. The summed E-state index contributed by atoms with van der Waals surface area (Å²) >= 11 is 0. The highest BCUT2D eigenvalue weighted by Crippen LogP contribution is 1.99. The van der Waals surface area contributed by atoms with E-state index >= 15 is 0 Å². The first-order valence-electron chi connectivity index (χ1n) is 3.29. The van der Waals surface area contributed by atoms with Gasteiger partial charge in [0.25, 0.3) is 0 Å². The normalized spacial score (nSPS) is 15.8. The van der Waals surface area contributed by atoms with Crippen LogP contribution >= 0.6 is 0 Å². The second-order valence-corrected chi connectivity index (χ2v) is 2.25. The quantitative estimate of drug-likeness (QED) is 0.342. The molecule has 0 spiro atoms. The molecule has 4 N–H and O–H groups in total. The Bertz CT molecular complexity index is 97.1. The molecule has 0 aliphatic rings. The minimum Gasteiger partial charge on any atom is -0.431 e. The van der Waals surface area contributed by atoms with Crippen molar-refractivity contribution in [3.8, 4) is 0 Å². The molecule has 0 aromatic rings. The van der Waals surface area contributed by atoms with Crippen molar-refractivity contribution in [1.82, 2.24) is 0 Å². The third kappa shape index (κ3) is 5.53. The molecular weight excluding hydrogens is 114 g/mol. The first-order valence-corrected chi connectivity index (χ1v) is 3.29. The van der Waals surface area contributed by atoms with Crippen LogP contribution in [0.2, 0.25) is 0 Å². The first kappa shape index (κ1) is 8.66. The van der Waals surface area contributed by atoms with Gasteiger partial charge in [-0.25, -0.2) is 0 Å². The van der Waals surface area contributed by atoms with Crippen molar-refractivity contribution in [3.05, 3.63) is 11.6 Å². The molecule has 0 amide bonds. The fourth-order valence-electron chi connectivity index (χ4n) is 0.472. The van der Waals surface area contributed by atoms with Crippen LogP contribution in [0.3, 0.4) is 0 Å².